The number of ether oxygens (including phenoxy) is 2. The summed E-state index contributed by atoms with van der Waals surface area (Å²) in [7, 11) is 1.43. The number of fused-ring (bicyclic) bond motifs is 1. The SMILES string of the molecule is COc1ccccc1-c1cc(Cl)cc2c1O[C@H](C(F)(F)F)C(C(=O)O)=C2. The fraction of sp³-hybridized carbons (Fsp3) is 0.167. The largest absolute Gasteiger partial charge is 0.496 e. The molecule has 1 aliphatic rings. The maximum Gasteiger partial charge on any atom is 0.430 e. The zero-order valence-electron chi connectivity index (χ0n) is 13.3. The second kappa shape index (κ2) is 6.57. The molecule has 0 amide bonds. The normalized spacial score (nSPS) is 16.3. The number of hydrogen-bond acceptors (Lipinski definition) is 3. The summed E-state index contributed by atoms with van der Waals surface area (Å²) in [5, 5.41) is 9.36. The van der Waals surface area contributed by atoms with Crippen molar-refractivity contribution in [2.45, 2.75) is 12.3 Å². The quantitative estimate of drug-likeness (QED) is 0.825. The Bertz CT molecular complexity index is 906. The van der Waals surface area contributed by atoms with Gasteiger partial charge >= 0.3 is 12.1 Å². The highest BCUT2D eigenvalue weighted by atomic mass is 35.5. The molecule has 0 radical (unpaired) electrons. The Kier molecular flexibility index (Phi) is 4.58. The van der Waals surface area contributed by atoms with Crippen molar-refractivity contribution in [3.05, 3.63) is 52.6 Å². The van der Waals surface area contributed by atoms with Crippen LogP contribution in [0.2, 0.25) is 5.02 Å². The first-order chi connectivity index (χ1) is 12.2. The summed E-state index contributed by atoms with van der Waals surface area (Å²) >= 11 is 6.09. The van der Waals surface area contributed by atoms with E-state index in [1.807, 2.05) is 0 Å². The molecular weight excluding hydrogens is 373 g/mol. The van der Waals surface area contributed by atoms with Crippen LogP contribution in [0.5, 0.6) is 11.5 Å². The molecule has 1 aliphatic heterocycles. The molecule has 8 heteroatoms. The predicted octanol–water partition coefficient (Wildman–Crippen LogP) is 4.81. The Hall–Kier alpha value is -2.67. The van der Waals surface area contributed by atoms with Crippen molar-refractivity contribution >= 4 is 23.6 Å². The Morgan fingerprint density at radius 2 is 1.92 bits per heavy atom. The number of alkyl halides is 3. The van der Waals surface area contributed by atoms with Crippen molar-refractivity contribution in [1.29, 1.82) is 0 Å². The lowest BCUT2D eigenvalue weighted by Gasteiger charge is -2.29. The van der Waals surface area contributed by atoms with Gasteiger partial charge in [-0.25, -0.2) is 4.79 Å². The van der Waals surface area contributed by atoms with Crippen LogP contribution in [0.15, 0.2) is 42.0 Å². The number of methoxy groups -OCH3 is 1. The lowest BCUT2D eigenvalue weighted by molar-refractivity contribution is -0.187. The summed E-state index contributed by atoms with van der Waals surface area (Å²) in [5.41, 5.74) is -0.00344. The van der Waals surface area contributed by atoms with Gasteiger partial charge in [-0.2, -0.15) is 13.2 Å². The number of carbonyl (C=O) groups is 1. The molecule has 0 saturated carbocycles. The minimum atomic E-state index is -4.89. The molecule has 2 aromatic carbocycles. The van der Waals surface area contributed by atoms with Crippen molar-refractivity contribution < 1.29 is 32.5 Å². The van der Waals surface area contributed by atoms with Gasteiger partial charge in [0.05, 0.1) is 12.7 Å². The zero-order chi connectivity index (χ0) is 19.1. The van der Waals surface area contributed by atoms with E-state index in [-0.39, 0.29) is 21.9 Å². The van der Waals surface area contributed by atoms with Gasteiger partial charge in [-0.15, -0.1) is 0 Å². The molecule has 0 saturated heterocycles. The zero-order valence-corrected chi connectivity index (χ0v) is 14.1. The van der Waals surface area contributed by atoms with E-state index >= 15 is 0 Å². The molecule has 4 nitrogen and oxygen atoms in total. The molecule has 0 bridgehead atoms. The average Bonchev–Trinajstić information content (AvgIpc) is 2.58. The van der Waals surface area contributed by atoms with E-state index in [1.165, 1.54) is 19.2 Å². The number of aliphatic carboxylic acids is 1. The maximum absolute atomic E-state index is 13.3. The fourth-order valence-corrected chi connectivity index (χ4v) is 2.99. The minimum Gasteiger partial charge on any atom is -0.496 e. The highest BCUT2D eigenvalue weighted by Gasteiger charge is 2.48. The van der Waals surface area contributed by atoms with Gasteiger partial charge in [-0.05, 0) is 24.3 Å². The van der Waals surface area contributed by atoms with Crippen LogP contribution in [0.4, 0.5) is 13.2 Å². The van der Waals surface area contributed by atoms with Crippen LogP contribution in [-0.2, 0) is 4.79 Å². The van der Waals surface area contributed by atoms with Crippen molar-refractivity contribution in [3.63, 3.8) is 0 Å². The van der Waals surface area contributed by atoms with Crippen molar-refractivity contribution in [3.8, 4) is 22.6 Å². The number of carboxylic acid groups (broad SMARTS) is 1. The molecule has 1 heterocycles. The molecule has 1 atom stereocenters. The van der Waals surface area contributed by atoms with Gasteiger partial charge in [0, 0.05) is 21.7 Å². The number of rotatable bonds is 3. The highest BCUT2D eigenvalue weighted by Crippen LogP contribution is 2.46. The molecule has 3 rings (SSSR count). The summed E-state index contributed by atoms with van der Waals surface area (Å²) in [6, 6.07) is 9.49. The molecule has 0 spiro atoms. The van der Waals surface area contributed by atoms with Crippen LogP contribution in [0.25, 0.3) is 17.2 Å². The molecule has 26 heavy (non-hydrogen) atoms. The van der Waals surface area contributed by atoms with E-state index in [1.54, 1.807) is 24.3 Å². The molecule has 2 aromatic rings. The van der Waals surface area contributed by atoms with Crippen LogP contribution in [0.1, 0.15) is 5.56 Å². The first-order valence-electron chi connectivity index (χ1n) is 7.37. The van der Waals surface area contributed by atoms with Gasteiger partial charge in [0.15, 0.2) is 0 Å². The lowest BCUT2D eigenvalue weighted by atomic mass is 9.95. The summed E-state index contributed by atoms with van der Waals surface area (Å²) in [6.07, 6.45) is -6.54. The summed E-state index contributed by atoms with van der Waals surface area (Å²) in [6.45, 7) is 0. The van der Waals surface area contributed by atoms with Crippen molar-refractivity contribution in [2.75, 3.05) is 7.11 Å². The predicted molar refractivity (Wildman–Crippen MR) is 89.5 cm³/mol. The fourth-order valence-electron chi connectivity index (χ4n) is 2.76. The number of halogens is 4. The third-order valence-corrected chi connectivity index (χ3v) is 4.07. The average molecular weight is 385 g/mol. The highest BCUT2D eigenvalue weighted by molar-refractivity contribution is 6.31. The molecule has 1 N–H and O–H groups in total. The van der Waals surface area contributed by atoms with E-state index in [4.69, 9.17) is 26.2 Å². The third-order valence-electron chi connectivity index (χ3n) is 3.85. The van der Waals surface area contributed by atoms with Crippen LogP contribution in [0.3, 0.4) is 0 Å². The van der Waals surface area contributed by atoms with Crippen molar-refractivity contribution in [1.82, 2.24) is 0 Å². The number of carboxylic acids is 1. The van der Waals surface area contributed by atoms with Gasteiger partial charge in [0.25, 0.3) is 0 Å². The van der Waals surface area contributed by atoms with Gasteiger partial charge in [0.1, 0.15) is 11.5 Å². The first kappa shape index (κ1) is 18.1. The van der Waals surface area contributed by atoms with Gasteiger partial charge in [-0.1, -0.05) is 29.8 Å². The number of benzene rings is 2. The standard InChI is InChI=1S/C18H12ClF3O4/c1-25-14-5-3-2-4-11(14)12-8-10(19)6-9-7-13(17(23)24)16(18(20,21)22)26-15(9)12/h2-8,16H,1H3,(H,23,24)/t16-/m0/s1. The Labute approximate surface area is 151 Å². The molecular formula is C18H12ClF3O4. The minimum absolute atomic E-state index is 0.105. The van der Waals surface area contributed by atoms with Crippen LogP contribution in [-0.4, -0.2) is 30.5 Å². The van der Waals surface area contributed by atoms with Gasteiger partial charge < -0.3 is 14.6 Å². The third kappa shape index (κ3) is 3.22. The second-order valence-corrected chi connectivity index (χ2v) is 5.95. The molecule has 0 aliphatic carbocycles. The molecule has 0 fully saturated rings. The van der Waals surface area contributed by atoms with Crippen LogP contribution >= 0.6 is 11.6 Å². The van der Waals surface area contributed by atoms with Crippen molar-refractivity contribution in [2.24, 2.45) is 0 Å². The summed E-state index contributed by atoms with van der Waals surface area (Å²) in [5.74, 6) is -1.40. The molecule has 0 unspecified atom stereocenters. The molecule has 0 aromatic heterocycles. The smallest absolute Gasteiger partial charge is 0.430 e. The van der Waals surface area contributed by atoms with Gasteiger partial charge in [-0.3, -0.25) is 0 Å². The summed E-state index contributed by atoms with van der Waals surface area (Å²) in [4.78, 5) is 11.3. The van der Waals surface area contributed by atoms with Gasteiger partial charge in [0.2, 0.25) is 6.10 Å². The monoisotopic (exact) mass is 384 g/mol. The van der Waals surface area contributed by atoms with E-state index in [2.05, 4.69) is 0 Å². The van der Waals surface area contributed by atoms with E-state index in [9.17, 15) is 18.0 Å². The lowest BCUT2D eigenvalue weighted by Crippen LogP contribution is -2.40. The number of para-hydroxylation sites is 1. The summed E-state index contributed by atoms with van der Waals surface area (Å²) < 4.78 is 50.3. The second-order valence-electron chi connectivity index (χ2n) is 5.52. The van der Waals surface area contributed by atoms with Crippen LogP contribution in [0, 0.1) is 0 Å². The molecule has 136 valence electrons. The first-order valence-corrected chi connectivity index (χ1v) is 7.75. The van der Waals surface area contributed by atoms with E-state index < -0.39 is 23.8 Å². The van der Waals surface area contributed by atoms with E-state index in [0.717, 1.165) is 6.08 Å². The Morgan fingerprint density at radius 3 is 2.54 bits per heavy atom. The van der Waals surface area contributed by atoms with E-state index in [0.29, 0.717) is 11.3 Å². The van der Waals surface area contributed by atoms with Crippen LogP contribution < -0.4 is 9.47 Å². The Morgan fingerprint density at radius 1 is 1.23 bits per heavy atom. The maximum atomic E-state index is 13.3. The topological polar surface area (TPSA) is 55.8 Å². The Balaban J connectivity index is 2.26. The number of hydrogen-bond donors (Lipinski definition) is 1.